The predicted molar refractivity (Wildman–Crippen MR) is 112 cm³/mol. The van der Waals surface area contributed by atoms with Crippen LogP contribution in [0.5, 0.6) is 0 Å². The zero-order valence-corrected chi connectivity index (χ0v) is 18.1. The highest BCUT2D eigenvalue weighted by Crippen LogP contribution is 2.18. The van der Waals surface area contributed by atoms with E-state index in [0.717, 1.165) is 6.54 Å². The molecule has 0 atom stereocenters. The summed E-state index contributed by atoms with van der Waals surface area (Å²) < 4.78 is 40.6. The summed E-state index contributed by atoms with van der Waals surface area (Å²) in [7, 11) is 0.245. The van der Waals surface area contributed by atoms with Crippen molar-refractivity contribution >= 4 is 37.8 Å². The lowest BCUT2D eigenvalue weighted by Crippen LogP contribution is -2.27. The highest BCUT2D eigenvalue weighted by atomic mass is 79.9. The highest BCUT2D eigenvalue weighted by molar-refractivity contribution is 9.10. The first-order valence-electron chi connectivity index (χ1n) is 8.61. The second kappa shape index (κ2) is 10.1. The summed E-state index contributed by atoms with van der Waals surface area (Å²) in [5, 5.41) is 0. The van der Waals surface area contributed by atoms with Gasteiger partial charge < -0.3 is 4.90 Å². The Balaban J connectivity index is 2.01. The molecule has 8 heteroatoms. The lowest BCUT2D eigenvalue weighted by Gasteiger charge is -2.10. The minimum Gasteiger partial charge on any atom is -0.309 e. The molecule has 5 nitrogen and oxygen atoms in total. The summed E-state index contributed by atoms with van der Waals surface area (Å²) in [6, 6.07) is 10.2. The molecule has 0 radical (unpaired) electrons. The number of halogens is 2. The molecule has 0 aromatic heterocycles. The van der Waals surface area contributed by atoms with Gasteiger partial charge >= 0.3 is 0 Å². The Kier molecular flexibility index (Phi) is 8.06. The van der Waals surface area contributed by atoms with E-state index >= 15 is 0 Å². The zero-order chi connectivity index (χ0) is 20.7. The summed E-state index contributed by atoms with van der Waals surface area (Å²) in [5.74, 6) is -0.654. The number of nitrogens with zero attached hydrogens (tertiary/aromatic N) is 1. The predicted octanol–water partition coefficient (Wildman–Crippen LogP) is 3.71. The molecule has 0 saturated heterocycles. The Hall–Kier alpha value is -1.87. The fourth-order valence-corrected chi connectivity index (χ4v) is 3.84. The smallest absolute Gasteiger partial charge is 0.240 e. The van der Waals surface area contributed by atoms with Gasteiger partial charge in [-0.3, -0.25) is 4.79 Å². The molecule has 0 fully saturated rings. The van der Waals surface area contributed by atoms with Gasteiger partial charge in [0.25, 0.3) is 0 Å². The molecular formula is C20H22BrFN2O3S. The number of hydrogen-bond acceptors (Lipinski definition) is 4. The molecule has 2 rings (SSSR count). The van der Waals surface area contributed by atoms with Gasteiger partial charge in [-0.2, -0.15) is 0 Å². The Bertz CT molecular complexity index is 958. The van der Waals surface area contributed by atoms with E-state index in [0.29, 0.717) is 28.6 Å². The molecule has 0 aliphatic carbocycles. The molecule has 0 bridgehead atoms. The van der Waals surface area contributed by atoms with Gasteiger partial charge in [0.2, 0.25) is 10.0 Å². The second-order valence-corrected chi connectivity index (χ2v) is 9.07. The van der Waals surface area contributed by atoms with E-state index in [-0.39, 0.29) is 16.5 Å². The van der Waals surface area contributed by atoms with Gasteiger partial charge in [-0.25, -0.2) is 17.5 Å². The Morgan fingerprint density at radius 3 is 2.46 bits per heavy atom. The highest BCUT2D eigenvalue weighted by Gasteiger charge is 2.14. The van der Waals surface area contributed by atoms with Crippen molar-refractivity contribution in [2.24, 2.45) is 0 Å². The van der Waals surface area contributed by atoms with Gasteiger partial charge in [-0.05, 0) is 91.0 Å². The Labute approximate surface area is 173 Å². The van der Waals surface area contributed by atoms with Gasteiger partial charge in [0.05, 0.1) is 9.37 Å². The van der Waals surface area contributed by atoms with E-state index in [2.05, 4.69) is 20.7 Å². The summed E-state index contributed by atoms with van der Waals surface area (Å²) >= 11 is 3.09. The van der Waals surface area contributed by atoms with E-state index < -0.39 is 10.0 Å². The average Bonchev–Trinajstić information content (AvgIpc) is 2.66. The zero-order valence-electron chi connectivity index (χ0n) is 15.7. The van der Waals surface area contributed by atoms with Crippen LogP contribution in [0.4, 0.5) is 4.39 Å². The van der Waals surface area contributed by atoms with E-state index in [1.807, 2.05) is 19.0 Å². The standard InChI is InChI=1S/C20H22BrFN2O3S/c1-24(2)13-3-12-23-28(26,27)17-8-6-16(7-9-17)20(25)11-5-15-4-10-19(22)18(21)14-15/h4-11,14,23H,3,12-13H2,1-2H3/b11-5+. The van der Waals surface area contributed by atoms with Crippen LogP contribution in [0.15, 0.2) is 57.9 Å². The van der Waals surface area contributed by atoms with Gasteiger partial charge in [0.15, 0.2) is 5.78 Å². The van der Waals surface area contributed by atoms with Crippen molar-refractivity contribution in [3.05, 3.63) is 70.0 Å². The third-order valence-corrected chi connectivity index (χ3v) is 5.98. The van der Waals surface area contributed by atoms with Crippen LogP contribution in [-0.4, -0.2) is 46.3 Å². The van der Waals surface area contributed by atoms with Crippen LogP contribution < -0.4 is 4.72 Å². The first kappa shape index (κ1) is 22.4. The van der Waals surface area contributed by atoms with Crippen LogP contribution in [0.3, 0.4) is 0 Å². The van der Waals surface area contributed by atoms with Crippen LogP contribution in [-0.2, 0) is 10.0 Å². The fraction of sp³-hybridized carbons (Fsp3) is 0.250. The minimum absolute atomic E-state index is 0.111. The number of ketones is 1. The van der Waals surface area contributed by atoms with Gasteiger partial charge in [0.1, 0.15) is 5.82 Å². The number of rotatable bonds is 9. The number of allylic oxidation sites excluding steroid dienone is 1. The molecule has 2 aromatic carbocycles. The van der Waals surface area contributed by atoms with Crippen LogP contribution >= 0.6 is 15.9 Å². The molecule has 28 heavy (non-hydrogen) atoms. The van der Waals surface area contributed by atoms with E-state index in [1.54, 1.807) is 18.2 Å². The molecule has 0 unspecified atom stereocenters. The largest absolute Gasteiger partial charge is 0.309 e. The SMILES string of the molecule is CN(C)CCCNS(=O)(=O)c1ccc(C(=O)/C=C/c2ccc(F)c(Br)c2)cc1. The number of carbonyl (C=O) groups excluding carboxylic acids is 1. The molecule has 0 amide bonds. The van der Waals surface area contributed by atoms with Crippen LogP contribution in [0.2, 0.25) is 0 Å². The van der Waals surface area contributed by atoms with Gasteiger partial charge in [0, 0.05) is 12.1 Å². The summed E-state index contributed by atoms with van der Waals surface area (Å²) in [5.41, 5.74) is 1.03. The van der Waals surface area contributed by atoms with Crippen molar-refractivity contribution < 1.29 is 17.6 Å². The van der Waals surface area contributed by atoms with E-state index in [9.17, 15) is 17.6 Å². The lowest BCUT2D eigenvalue weighted by atomic mass is 10.1. The Morgan fingerprint density at radius 2 is 1.86 bits per heavy atom. The summed E-state index contributed by atoms with van der Waals surface area (Å²) in [4.78, 5) is 14.4. The lowest BCUT2D eigenvalue weighted by molar-refractivity contribution is 0.104. The molecule has 1 N–H and O–H groups in total. The van der Waals surface area contributed by atoms with Crippen molar-refractivity contribution in [1.29, 1.82) is 0 Å². The van der Waals surface area contributed by atoms with Crippen molar-refractivity contribution in [2.45, 2.75) is 11.3 Å². The summed E-state index contributed by atoms with van der Waals surface area (Å²) in [6.45, 7) is 1.13. The summed E-state index contributed by atoms with van der Waals surface area (Å²) in [6.07, 6.45) is 3.64. The van der Waals surface area contributed by atoms with Gasteiger partial charge in [-0.15, -0.1) is 0 Å². The van der Waals surface area contributed by atoms with Crippen molar-refractivity contribution in [2.75, 3.05) is 27.2 Å². The maximum absolute atomic E-state index is 13.2. The first-order chi connectivity index (χ1) is 13.2. The molecule has 0 spiro atoms. The third-order valence-electron chi connectivity index (χ3n) is 3.89. The van der Waals surface area contributed by atoms with Crippen LogP contribution in [0.25, 0.3) is 6.08 Å². The monoisotopic (exact) mass is 468 g/mol. The van der Waals surface area contributed by atoms with Crippen molar-refractivity contribution in [3.63, 3.8) is 0 Å². The second-order valence-electron chi connectivity index (χ2n) is 6.45. The number of nitrogens with one attached hydrogen (secondary N) is 1. The average molecular weight is 469 g/mol. The number of sulfonamides is 1. The third kappa shape index (κ3) is 6.63. The molecule has 0 aliphatic rings. The van der Waals surface area contributed by atoms with Gasteiger partial charge in [-0.1, -0.05) is 12.1 Å². The van der Waals surface area contributed by atoms with Crippen LogP contribution in [0, 0.1) is 5.82 Å². The number of hydrogen-bond donors (Lipinski definition) is 1. The number of benzene rings is 2. The van der Waals surface area contributed by atoms with Crippen LogP contribution in [0.1, 0.15) is 22.3 Å². The van der Waals surface area contributed by atoms with Crippen molar-refractivity contribution in [1.82, 2.24) is 9.62 Å². The topological polar surface area (TPSA) is 66.5 Å². The molecule has 150 valence electrons. The quantitative estimate of drug-likeness (QED) is 0.346. The molecule has 0 saturated carbocycles. The maximum atomic E-state index is 13.2. The molecule has 0 heterocycles. The van der Waals surface area contributed by atoms with E-state index in [4.69, 9.17) is 0 Å². The number of carbonyl (C=O) groups is 1. The minimum atomic E-state index is -3.60. The molecular weight excluding hydrogens is 447 g/mol. The fourth-order valence-electron chi connectivity index (χ4n) is 2.37. The first-order valence-corrected chi connectivity index (χ1v) is 10.9. The maximum Gasteiger partial charge on any atom is 0.240 e. The van der Waals surface area contributed by atoms with E-state index in [1.165, 1.54) is 36.4 Å². The van der Waals surface area contributed by atoms with Crippen molar-refractivity contribution in [3.8, 4) is 0 Å². The normalized spacial score (nSPS) is 12.0. The molecule has 2 aromatic rings. The Morgan fingerprint density at radius 1 is 1.18 bits per heavy atom. The molecule has 0 aliphatic heterocycles.